The second kappa shape index (κ2) is 6.12. The molecule has 0 radical (unpaired) electrons. The molecule has 2 fully saturated rings. The Balaban J connectivity index is 1.48. The summed E-state index contributed by atoms with van der Waals surface area (Å²) in [4.78, 5) is 15.9. The van der Waals surface area contributed by atoms with Crippen LogP contribution in [0.4, 0.5) is 0 Å². The van der Waals surface area contributed by atoms with Gasteiger partial charge in [0.15, 0.2) is 5.79 Å². The molecular weight excluding hydrogens is 268 g/mol. The highest BCUT2D eigenvalue weighted by Gasteiger charge is 2.43. The summed E-state index contributed by atoms with van der Waals surface area (Å²) in [5.41, 5.74) is 0.616. The molecule has 3 rings (SSSR count). The minimum Gasteiger partial charge on any atom is -0.349 e. The van der Waals surface area contributed by atoms with Gasteiger partial charge in [-0.25, -0.2) is 0 Å². The van der Waals surface area contributed by atoms with Gasteiger partial charge in [0.25, 0.3) is 5.91 Å². The lowest BCUT2D eigenvalue weighted by Gasteiger charge is -2.34. The lowest BCUT2D eigenvalue weighted by Crippen LogP contribution is -2.38. The third-order valence-electron chi connectivity index (χ3n) is 4.38. The zero-order valence-corrected chi connectivity index (χ0v) is 12.4. The summed E-state index contributed by atoms with van der Waals surface area (Å²) < 4.78 is 12.0. The summed E-state index contributed by atoms with van der Waals surface area (Å²) in [7, 11) is 0. The molecule has 1 aromatic heterocycles. The number of carbonyl (C=O) groups excluding carboxylic acids is 1. The van der Waals surface area contributed by atoms with Gasteiger partial charge in [0, 0.05) is 37.3 Å². The highest BCUT2D eigenvalue weighted by molar-refractivity contribution is 5.93. The molecule has 1 atom stereocenters. The molecule has 1 aliphatic carbocycles. The average Bonchev–Trinajstić information content (AvgIpc) is 2.92. The lowest BCUT2D eigenvalue weighted by atomic mass is 9.86. The molecule has 1 N–H and O–H groups in total. The molecule has 1 amide bonds. The van der Waals surface area contributed by atoms with Crippen LogP contribution in [0, 0.1) is 5.92 Å². The predicted molar refractivity (Wildman–Crippen MR) is 77.8 cm³/mol. The fourth-order valence-electron chi connectivity index (χ4n) is 2.99. The van der Waals surface area contributed by atoms with Gasteiger partial charge in [-0.05, 0) is 30.9 Å². The minimum atomic E-state index is -0.390. The first-order valence-electron chi connectivity index (χ1n) is 7.67. The van der Waals surface area contributed by atoms with Crippen LogP contribution in [0.5, 0.6) is 0 Å². The molecule has 1 saturated heterocycles. The van der Waals surface area contributed by atoms with E-state index in [1.807, 2.05) is 0 Å². The molecule has 21 heavy (non-hydrogen) atoms. The second-order valence-corrected chi connectivity index (χ2v) is 6.09. The maximum atomic E-state index is 12.0. The van der Waals surface area contributed by atoms with E-state index in [1.165, 1.54) is 0 Å². The van der Waals surface area contributed by atoms with Crippen LogP contribution < -0.4 is 5.32 Å². The summed E-state index contributed by atoms with van der Waals surface area (Å²) in [5, 5.41) is 2.90. The number of pyridine rings is 1. The number of ether oxygens (including phenoxy) is 2. The van der Waals surface area contributed by atoms with Crippen LogP contribution in [0.3, 0.4) is 0 Å². The molecule has 0 unspecified atom stereocenters. The lowest BCUT2D eigenvalue weighted by molar-refractivity contribution is -0.191. The summed E-state index contributed by atoms with van der Waals surface area (Å²) in [5.74, 6) is 0.269. The van der Waals surface area contributed by atoms with E-state index < -0.39 is 5.79 Å². The van der Waals surface area contributed by atoms with Gasteiger partial charge >= 0.3 is 0 Å². The van der Waals surface area contributed by atoms with E-state index in [1.54, 1.807) is 24.5 Å². The third-order valence-corrected chi connectivity index (χ3v) is 4.38. The minimum absolute atomic E-state index is 0.0517. The molecule has 0 aromatic carbocycles. The van der Waals surface area contributed by atoms with Crippen molar-refractivity contribution in [3.8, 4) is 0 Å². The van der Waals surface area contributed by atoms with Crippen LogP contribution in [-0.4, -0.2) is 35.9 Å². The molecular formula is C16H22N2O3. The van der Waals surface area contributed by atoms with Crippen LogP contribution >= 0.6 is 0 Å². The summed E-state index contributed by atoms with van der Waals surface area (Å²) in [6.45, 7) is 3.32. The Bertz CT molecular complexity index is 484. The molecule has 5 heteroatoms. The number of hydrogen-bond acceptors (Lipinski definition) is 4. The van der Waals surface area contributed by atoms with E-state index in [0.717, 1.165) is 31.6 Å². The van der Waals surface area contributed by atoms with E-state index in [-0.39, 0.29) is 12.0 Å². The maximum Gasteiger partial charge on any atom is 0.251 e. The van der Waals surface area contributed by atoms with Crippen molar-refractivity contribution in [1.29, 1.82) is 0 Å². The SMILES string of the molecule is CC1CCC2(CC1)OC[C@@H](CNC(=O)c1ccncc1)O2. The molecule has 1 saturated carbocycles. The van der Waals surface area contributed by atoms with E-state index >= 15 is 0 Å². The zero-order chi connectivity index (χ0) is 14.7. The highest BCUT2D eigenvalue weighted by Crippen LogP contribution is 2.39. The first kappa shape index (κ1) is 14.5. The maximum absolute atomic E-state index is 12.0. The molecule has 0 bridgehead atoms. The van der Waals surface area contributed by atoms with Gasteiger partial charge in [-0.2, -0.15) is 0 Å². The third kappa shape index (κ3) is 3.41. The van der Waals surface area contributed by atoms with Crippen molar-refractivity contribution >= 4 is 5.91 Å². The van der Waals surface area contributed by atoms with Gasteiger partial charge in [0.1, 0.15) is 6.10 Å². The molecule has 2 heterocycles. The Morgan fingerprint density at radius 1 is 1.38 bits per heavy atom. The van der Waals surface area contributed by atoms with E-state index in [9.17, 15) is 4.79 Å². The van der Waals surface area contributed by atoms with Gasteiger partial charge in [-0.1, -0.05) is 6.92 Å². The Morgan fingerprint density at radius 2 is 2.10 bits per heavy atom. The number of nitrogens with one attached hydrogen (secondary N) is 1. The van der Waals surface area contributed by atoms with Crippen LogP contribution in [0.1, 0.15) is 43.0 Å². The van der Waals surface area contributed by atoms with Crippen molar-refractivity contribution in [2.75, 3.05) is 13.2 Å². The molecule has 1 aromatic rings. The van der Waals surface area contributed by atoms with Gasteiger partial charge in [-0.15, -0.1) is 0 Å². The topological polar surface area (TPSA) is 60.5 Å². The van der Waals surface area contributed by atoms with Gasteiger partial charge in [-0.3, -0.25) is 9.78 Å². The van der Waals surface area contributed by atoms with Gasteiger partial charge < -0.3 is 14.8 Å². The fourth-order valence-corrected chi connectivity index (χ4v) is 2.99. The Kier molecular flexibility index (Phi) is 4.22. The van der Waals surface area contributed by atoms with E-state index in [0.29, 0.717) is 18.7 Å². The molecule has 114 valence electrons. The van der Waals surface area contributed by atoms with E-state index in [2.05, 4.69) is 17.2 Å². The van der Waals surface area contributed by atoms with Crippen molar-refractivity contribution in [2.45, 2.75) is 44.5 Å². The number of aromatic nitrogens is 1. The second-order valence-electron chi connectivity index (χ2n) is 6.09. The van der Waals surface area contributed by atoms with Crippen molar-refractivity contribution in [1.82, 2.24) is 10.3 Å². The standard InChI is InChI=1S/C16H22N2O3/c1-12-2-6-16(7-3-12)20-11-14(21-16)10-18-15(19)13-4-8-17-9-5-13/h4-5,8-9,12,14H,2-3,6-7,10-11H2,1H3,(H,18,19)/t12?,14-,16?/m1/s1. The van der Waals surface area contributed by atoms with Crippen molar-refractivity contribution < 1.29 is 14.3 Å². The number of nitrogens with zero attached hydrogens (tertiary/aromatic N) is 1. The summed E-state index contributed by atoms with van der Waals surface area (Å²) in [6, 6.07) is 3.40. The highest BCUT2D eigenvalue weighted by atomic mass is 16.7. The van der Waals surface area contributed by atoms with Crippen LogP contribution in [0.2, 0.25) is 0 Å². The molecule has 2 aliphatic rings. The number of rotatable bonds is 3. The summed E-state index contributed by atoms with van der Waals surface area (Å²) >= 11 is 0. The molecule has 1 spiro atoms. The monoisotopic (exact) mass is 290 g/mol. The Morgan fingerprint density at radius 3 is 2.81 bits per heavy atom. The first-order valence-corrected chi connectivity index (χ1v) is 7.67. The smallest absolute Gasteiger partial charge is 0.251 e. The van der Waals surface area contributed by atoms with Crippen molar-refractivity contribution in [2.24, 2.45) is 5.92 Å². The normalized spacial score (nSPS) is 32.2. The number of carbonyl (C=O) groups is 1. The largest absolute Gasteiger partial charge is 0.349 e. The Hall–Kier alpha value is -1.46. The summed E-state index contributed by atoms with van der Waals surface area (Å²) in [6.07, 6.45) is 7.40. The van der Waals surface area contributed by atoms with Crippen molar-refractivity contribution in [3.05, 3.63) is 30.1 Å². The zero-order valence-electron chi connectivity index (χ0n) is 12.4. The Labute approximate surface area is 125 Å². The van der Waals surface area contributed by atoms with Gasteiger partial charge in [0.2, 0.25) is 0 Å². The van der Waals surface area contributed by atoms with Gasteiger partial charge in [0.05, 0.1) is 6.61 Å². The molecule has 5 nitrogen and oxygen atoms in total. The fraction of sp³-hybridized carbons (Fsp3) is 0.625. The number of hydrogen-bond donors (Lipinski definition) is 1. The van der Waals surface area contributed by atoms with Crippen molar-refractivity contribution in [3.63, 3.8) is 0 Å². The van der Waals surface area contributed by atoms with Crippen LogP contribution in [0.25, 0.3) is 0 Å². The van der Waals surface area contributed by atoms with Crippen LogP contribution in [-0.2, 0) is 9.47 Å². The predicted octanol–water partition coefficient (Wildman–Crippen LogP) is 2.13. The van der Waals surface area contributed by atoms with E-state index in [4.69, 9.17) is 9.47 Å². The van der Waals surface area contributed by atoms with Crippen LogP contribution in [0.15, 0.2) is 24.5 Å². The quantitative estimate of drug-likeness (QED) is 0.926. The number of amides is 1. The first-order chi connectivity index (χ1) is 10.2. The average molecular weight is 290 g/mol. The molecule has 1 aliphatic heterocycles.